The third-order valence-corrected chi connectivity index (χ3v) is 4.63. The molecule has 1 unspecified atom stereocenters. The van der Waals surface area contributed by atoms with Gasteiger partial charge in [0, 0.05) is 36.3 Å². The van der Waals surface area contributed by atoms with Crippen molar-refractivity contribution in [3.63, 3.8) is 0 Å². The van der Waals surface area contributed by atoms with Gasteiger partial charge in [0.25, 0.3) is 0 Å². The van der Waals surface area contributed by atoms with E-state index >= 15 is 0 Å². The summed E-state index contributed by atoms with van der Waals surface area (Å²) in [5.74, 6) is -5.10. The highest BCUT2D eigenvalue weighted by Crippen LogP contribution is 2.48. The Morgan fingerprint density at radius 1 is 1.22 bits per heavy atom. The van der Waals surface area contributed by atoms with Crippen LogP contribution in [0.15, 0.2) is 35.5 Å². The molecule has 0 amide bonds. The molecular formula is C14H13F5N2OS. The van der Waals surface area contributed by atoms with Crippen LogP contribution >= 0.6 is 0 Å². The molecule has 9 heteroatoms. The fourth-order valence-electron chi connectivity index (χ4n) is 2.13. The van der Waals surface area contributed by atoms with Crippen LogP contribution in [0.4, 0.5) is 22.0 Å². The number of aromatic nitrogens is 2. The first-order chi connectivity index (χ1) is 10.6. The summed E-state index contributed by atoms with van der Waals surface area (Å²) in [6, 6.07) is 3.01. The first-order valence-corrected chi connectivity index (χ1v) is 7.87. The van der Waals surface area contributed by atoms with E-state index in [4.69, 9.17) is 0 Å². The van der Waals surface area contributed by atoms with Crippen molar-refractivity contribution >= 4 is 10.8 Å². The zero-order valence-corrected chi connectivity index (χ0v) is 13.0. The van der Waals surface area contributed by atoms with E-state index in [0.717, 1.165) is 6.07 Å². The van der Waals surface area contributed by atoms with Gasteiger partial charge in [-0.05, 0) is 6.07 Å². The Bertz CT molecular complexity index is 739. The number of alkyl halides is 5. The van der Waals surface area contributed by atoms with E-state index in [0.29, 0.717) is 6.07 Å². The van der Waals surface area contributed by atoms with Crippen LogP contribution in [0.5, 0.6) is 0 Å². The molecule has 1 aromatic carbocycles. The Morgan fingerprint density at radius 3 is 2.35 bits per heavy atom. The van der Waals surface area contributed by atoms with Crippen molar-refractivity contribution in [3.05, 3.63) is 36.2 Å². The zero-order valence-electron chi connectivity index (χ0n) is 12.2. The van der Waals surface area contributed by atoms with Gasteiger partial charge in [-0.2, -0.15) is 22.0 Å². The third-order valence-electron chi connectivity index (χ3n) is 3.27. The minimum atomic E-state index is -5.76. The van der Waals surface area contributed by atoms with Crippen molar-refractivity contribution in [2.24, 2.45) is 7.05 Å². The second kappa shape index (κ2) is 6.03. The number of benzene rings is 1. The molecule has 0 fully saturated rings. The monoisotopic (exact) mass is 352 g/mol. The lowest BCUT2D eigenvalue weighted by Crippen LogP contribution is -2.34. The summed E-state index contributed by atoms with van der Waals surface area (Å²) in [6.45, 7) is 1.55. The van der Waals surface area contributed by atoms with Gasteiger partial charge in [0.15, 0.2) is 0 Å². The van der Waals surface area contributed by atoms with Crippen molar-refractivity contribution in [1.82, 2.24) is 9.55 Å². The number of hydrogen-bond donors (Lipinski definition) is 0. The first kappa shape index (κ1) is 17.6. The lowest BCUT2D eigenvalue weighted by molar-refractivity contribution is -0.289. The average molecular weight is 352 g/mol. The lowest BCUT2D eigenvalue weighted by Gasteiger charge is -2.23. The van der Waals surface area contributed by atoms with E-state index in [9.17, 15) is 26.2 Å². The molecule has 0 spiro atoms. The normalized spacial score (nSPS) is 14.0. The molecule has 3 nitrogen and oxygen atoms in total. The summed E-state index contributed by atoms with van der Waals surface area (Å²) in [7, 11) is -0.259. The number of rotatable bonds is 4. The molecule has 1 heterocycles. The van der Waals surface area contributed by atoms with Crippen LogP contribution < -0.4 is 0 Å². The van der Waals surface area contributed by atoms with Crippen LogP contribution in [0.1, 0.15) is 12.5 Å². The lowest BCUT2D eigenvalue weighted by atomic mass is 10.00. The second-order valence-electron chi connectivity index (χ2n) is 4.75. The number of imidazole rings is 1. The molecule has 23 heavy (non-hydrogen) atoms. The Balaban J connectivity index is 2.84. The summed E-state index contributed by atoms with van der Waals surface area (Å²) < 4.78 is 79.7. The molecule has 0 aliphatic carbocycles. The van der Waals surface area contributed by atoms with E-state index in [2.05, 4.69) is 4.98 Å². The summed E-state index contributed by atoms with van der Waals surface area (Å²) in [4.78, 5) is 3.75. The van der Waals surface area contributed by atoms with Gasteiger partial charge >= 0.3 is 12.1 Å². The minimum Gasteiger partial charge on any atom is -0.334 e. The van der Waals surface area contributed by atoms with Crippen molar-refractivity contribution in [2.45, 2.75) is 23.9 Å². The van der Waals surface area contributed by atoms with Gasteiger partial charge in [-0.3, -0.25) is 4.21 Å². The second-order valence-corrected chi connectivity index (χ2v) is 6.46. The smallest absolute Gasteiger partial charge is 0.334 e. The van der Waals surface area contributed by atoms with E-state index in [1.54, 1.807) is 6.92 Å². The Labute approximate surface area is 131 Å². The molecule has 1 atom stereocenters. The number of nitrogens with zero attached hydrogens (tertiary/aromatic N) is 2. The van der Waals surface area contributed by atoms with Crippen LogP contribution in [0.25, 0.3) is 11.4 Å². The van der Waals surface area contributed by atoms with Gasteiger partial charge < -0.3 is 4.57 Å². The molecule has 0 saturated heterocycles. The Morgan fingerprint density at radius 2 is 1.87 bits per heavy atom. The van der Waals surface area contributed by atoms with Crippen LogP contribution in [0, 0.1) is 0 Å². The molecule has 0 radical (unpaired) electrons. The highest BCUT2D eigenvalue weighted by molar-refractivity contribution is 7.85. The predicted octanol–water partition coefficient (Wildman–Crippen LogP) is 3.87. The zero-order chi connectivity index (χ0) is 17.4. The molecule has 1 aromatic heterocycles. The van der Waals surface area contributed by atoms with Gasteiger partial charge in [0.05, 0.1) is 15.7 Å². The molecule has 0 saturated carbocycles. The van der Waals surface area contributed by atoms with Crippen molar-refractivity contribution in [2.75, 3.05) is 5.75 Å². The van der Waals surface area contributed by atoms with Crippen molar-refractivity contribution in [3.8, 4) is 11.4 Å². The molecule has 0 aliphatic heterocycles. The topological polar surface area (TPSA) is 34.9 Å². The fourth-order valence-corrected chi connectivity index (χ4v) is 3.10. The maximum Gasteiger partial charge on any atom is 0.458 e. The van der Waals surface area contributed by atoms with Crippen molar-refractivity contribution in [1.29, 1.82) is 0 Å². The van der Waals surface area contributed by atoms with Crippen LogP contribution in [-0.4, -0.2) is 25.7 Å². The van der Waals surface area contributed by atoms with E-state index in [1.807, 2.05) is 0 Å². The molecule has 0 N–H and O–H groups in total. The number of hydrogen-bond acceptors (Lipinski definition) is 2. The Kier molecular flexibility index (Phi) is 4.61. The van der Waals surface area contributed by atoms with E-state index in [1.165, 1.54) is 30.1 Å². The highest BCUT2D eigenvalue weighted by atomic mass is 32.2. The van der Waals surface area contributed by atoms with E-state index < -0.39 is 34.0 Å². The maximum atomic E-state index is 13.9. The SMILES string of the molecule is CCS(=O)c1cccc(C(F)(F)C(F)(F)F)c1-c1nccn1C. The summed E-state index contributed by atoms with van der Waals surface area (Å²) >= 11 is 0. The summed E-state index contributed by atoms with van der Waals surface area (Å²) in [6.07, 6.45) is -3.08. The van der Waals surface area contributed by atoms with Crippen LogP contribution in [0.2, 0.25) is 0 Å². The molecule has 126 valence electrons. The Hall–Kier alpha value is -1.77. The van der Waals surface area contributed by atoms with Gasteiger partial charge in [-0.15, -0.1) is 0 Å². The van der Waals surface area contributed by atoms with Crippen molar-refractivity contribution < 1.29 is 26.2 Å². The summed E-state index contributed by atoms with van der Waals surface area (Å²) in [5, 5.41) is 0. The van der Waals surface area contributed by atoms with Gasteiger partial charge in [0.2, 0.25) is 0 Å². The minimum absolute atomic E-state index is 0.0818. The van der Waals surface area contributed by atoms with Gasteiger partial charge in [-0.1, -0.05) is 19.1 Å². The van der Waals surface area contributed by atoms with Crippen LogP contribution in [-0.2, 0) is 23.8 Å². The highest BCUT2D eigenvalue weighted by Gasteiger charge is 2.60. The largest absolute Gasteiger partial charge is 0.458 e. The number of aryl methyl sites for hydroxylation is 1. The first-order valence-electron chi connectivity index (χ1n) is 6.55. The standard InChI is InChI=1S/C14H13F5N2OS/c1-3-23(22)10-6-4-5-9(13(15,16)14(17,18)19)11(10)12-20-7-8-21(12)2/h4-8H,3H2,1-2H3. The van der Waals surface area contributed by atoms with Gasteiger partial charge in [-0.25, -0.2) is 4.98 Å². The molecule has 2 rings (SSSR count). The molecule has 2 aromatic rings. The quantitative estimate of drug-likeness (QED) is 0.783. The average Bonchev–Trinajstić information content (AvgIpc) is 2.90. The number of halogens is 5. The summed E-state index contributed by atoms with van der Waals surface area (Å²) in [5.41, 5.74) is -1.69. The molecule has 0 bridgehead atoms. The molecular weight excluding hydrogens is 339 g/mol. The van der Waals surface area contributed by atoms with Crippen LogP contribution in [0.3, 0.4) is 0 Å². The van der Waals surface area contributed by atoms with Gasteiger partial charge in [0.1, 0.15) is 5.82 Å². The molecule has 0 aliphatic rings. The predicted molar refractivity (Wildman–Crippen MR) is 75.5 cm³/mol. The fraction of sp³-hybridized carbons (Fsp3) is 0.357. The maximum absolute atomic E-state index is 13.9. The van der Waals surface area contributed by atoms with E-state index in [-0.39, 0.29) is 16.5 Å². The third kappa shape index (κ3) is 3.01.